The first-order valence-electron chi connectivity index (χ1n) is 8.12. The van der Waals surface area contributed by atoms with Crippen LogP contribution in [0.2, 0.25) is 0 Å². The molecule has 3 aromatic carbocycles. The van der Waals surface area contributed by atoms with Gasteiger partial charge in [0.1, 0.15) is 0 Å². The van der Waals surface area contributed by atoms with Crippen LogP contribution >= 0.6 is 31.9 Å². The number of hydrogen-bond acceptors (Lipinski definition) is 2. The van der Waals surface area contributed by atoms with Gasteiger partial charge in [-0.25, -0.2) is 0 Å². The fraction of sp³-hybridized carbons (Fsp3) is 0. The van der Waals surface area contributed by atoms with Crippen LogP contribution in [0.3, 0.4) is 0 Å². The molecule has 4 N–H and O–H groups in total. The van der Waals surface area contributed by atoms with Gasteiger partial charge in [0.15, 0.2) is 6.29 Å². The van der Waals surface area contributed by atoms with Gasteiger partial charge in [-0.3, -0.25) is 9.59 Å². The number of benzene rings is 3. The molecule has 0 bridgehead atoms. The number of primary amides is 1. The number of carbonyl (C=O) groups excluding carboxylic acids is 2. The van der Waals surface area contributed by atoms with E-state index in [0.29, 0.717) is 22.6 Å². The van der Waals surface area contributed by atoms with E-state index in [1.165, 1.54) is 0 Å². The number of H-pyrrole nitrogens is 2. The number of hydrogen-bond donors (Lipinski definition) is 3. The summed E-state index contributed by atoms with van der Waals surface area (Å²) in [6.07, 6.45) is 0.715. The van der Waals surface area contributed by atoms with Crippen LogP contribution in [0.5, 0.6) is 0 Å². The summed E-state index contributed by atoms with van der Waals surface area (Å²) in [6.45, 7) is 0. The Morgan fingerprint density at radius 2 is 1.41 bits per heavy atom. The maximum Gasteiger partial charge on any atom is 0.250 e. The van der Waals surface area contributed by atoms with Gasteiger partial charge in [0.05, 0.1) is 16.6 Å². The van der Waals surface area contributed by atoms with E-state index in [4.69, 9.17) is 5.73 Å². The van der Waals surface area contributed by atoms with Crippen LogP contribution in [0.4, 0.5) is 0 Å². The maximum atomic E-state index is 12.4. The number of rotatable bonds is 2. The monoisotopic (exact) mass is 483 g/mol. The van der Waals surface area contributed by atoms with Gasteiger partial charge in [0, 0.05) is 47.1 Å². The average molecular weight is 485 g/mol. The Labute approximate surface area is 169 Å². The topological polar surface area (TPSA) is 91.7 Å². The highest BCUT2D eigenvalue weighted by Crippen LogP contribution is 2.40. The standard InChI is InChI=1S/C20H11Br2N3O2/c21-8-1-3-13-10(5-8)15-12(7-26)17(20(23)27)16-11-6-9(22)2-4-14(11)25-19(16)18(15)24-13/h1-7,24-25H,(H2,23,27). The van der Waals surface area contributed by atoms with E-state index < -0.39 is 5.91 Å². The molecule has 0 spiro atoms. The molecule has 0 aliphatic carbocycles. The van der Waals surface area contributed by atoms with Crippen LogP contribution in [0.25, 0.3) is 43.6 Å². The summed E-state index contributed by atoms with van der Waals surface area (Å²) in [5.41, 5.74) is 9.54. The van der Waals surface area contributed by atoms with E-state index in [2.05, 4.69) is 41.8 Å². The predicted octanol–water partition coefficient (Wildman–Crippen LogP) is 5.39. The molecule has 0 radical (unpaired) electrons. The summed E-state index contributed by atoms with van der Waals surface area (Å²) in [6, 6.07) is 11.5. The highest BCUT2D eigenvalue weighted by atomic mass is 79.9. The van der Waals surface area contributed by atoms with Crippen LogP contribution in [-0.4, -0.2) is 22.2 Å². The number of halogens is 2. The Kier molecular flexibility index (Phi) is 3.47. The molecule has 7 heteroatoms. The van der Waals surface area contributed by atoms with Crippen LogP contribution in [-0.2, 0) is 0 Å². The molecule has 0 saturated carbocycles. The van der Waals surface area contributed by atoms with Crippen molar-refractivity contribution in [2.75, 3.05) is 0 Å². The van der Waals surface area contributed by atoms with Gasteiger partial charge in [-0.15, -0.1) is 0 Å². The van der Waals surface area contributed by atoms with E-state index in [9.17, 15) is 9.59 Å². The Hall–Kier alpha value is -2.64. The number of aldehydes is 1. The van der Waals surface area contributed by atoms with Crippen LogP contribution in [0.15, 0.2) is 45.3 Å². The molecule has 1 amide bonds. The fourth-order valence-corrected chi connectivity index (χ4v) is 4.60. The molecule has 27 heavy (non-hydrogen) atoms. The molecule has 2 heterocycles. The van der Waals surface area contributed by atoms with Gasteiger partial charge in [0.2, 0.25) is 5.91 Å². The lowest BCUT2D eigenvalue weighted by molar-refractivity contribution is 0.0995. The van der Waals surface area contributed by atoms with Crippen molar-refractivity contribution in [1.29, 1.82) is 0 Å². The zero-order valence-corrected chi connectivity index (χ0v) is 16.9. The lowest BCUT2D eigenvalue weighted by atomic mass is 9.95. The lowest BCUT2D eigenvalue weighted by Gasteiger charge is -2.07. The van der Waals surface area contributed by atoms with E-state index in [0.717, 1.165) is 41.8 Å². The van der Waals surface area contributed by atoms with E-state index in [-0.39, 0.29) is 5.56 Å². The number of nitrogens with one attached hydrogen (secondary N) is 2. The molecule has 0 aliphatic heterocycles. The number of nitrogens with two attached hydrogens (primary N) is 1. The van der Waals surface area contributed by atoms with Crippen LogP contribution in [0, 0.1) is 0 Å². The number of amides is 1. The summed E-state index contributed by atoms with van der Waals surface area (Å²) in [5, 5.41) is 3.02. The molecule has 132 valence electrons. The van der Waals surface area contributed by atoms with Crippen molar-refractivity contribution < 1.29 is 9.59 Å². The predicted molar refractivity (Wildman–Crippen MR) is 114 cm³/mol. The molecule has 0 atom stereocenters. The zero-order valence-electron chi connectivity index (χ0n) is 13.7. The van der Waals surface area contributed by atoms with E-state index in [1.807, 2.05) is 36.4 Å². The minimum Gasteiger partial charge on any atom is -0.366 e. The summed E-state index contributed by atoms with van der Waals surface area (Å²) >= 11 is 6.95. The molecule has 5 nitrogen and oxygen atoms in total. The summed E-state index contributed by atoms with van der Waals surface area (Å²) < 4.78 is 1.76. The SMILES string of the molecule is NC(=O)c1c(C=O)c2c3cc(Br)ccc3[nH]c2c2[nH]c3ccc(Br)cc3c12. The van der Waals surface area contributed by atoms with Crippen molar-refractivity contribution in [3.8, 4) is 0 Å². The summed E-state index contributed by atoms with van der Waals surface area (Å²) in [4.78, 5) is 31.3. The van der Waals surface area contributed by atoms with Crippen molar-refractivity contribution in [3.63, 3.8) is 0 Å². The fourth-order valence-electron chi connectivity index (χ4n) is 3.88. The molecule has 5 rings (SSSR count). The van der Waals surface area contributed by atoms with Gasteiger partial charge in [-0.2, -0.15) is 0 Å². The molecule has 0 fully saturated rings. The molecular formula is C20H11Br2N3O2. The second kappa shape index (κ2) is 5.68. The summed E-state index contributed by atoms with van der Waals surface area (Å²) in [7, 11) is 0. The number of aromatic nitrogens is 2. The number of fused-ring (bicyclic) bond motifs is 7. The smallest absolute Gasteiger partial charge is 0.250 e. The van der Waals surface area contributed by atoms with Crippen molar-refractivity contribution >= 4 is 87.7 Å². The Bertz CT molecular complexity index is 1450. The van der Waals surface area contributed by atoms with Gasteiger partial charge >= 0.3 is 0 Å². The second-order valence-corrected chi connectivity index (χ2v) is 8.23. The third-order valence-electron chi connectivity index (χ3n) is 4.92. The van der Waals surface area contributed by atoms with Crippen molar-refractivity contribution in [2.24, 2.45) is 5.73 Å². The highest BCUT2D eigenvalue weighted by molar-refractivity contribution is 9.10. The normalized spacial score (nSPS) is 11.8. The van der Waals surface area contributed by atoms with Crippen molar-refractivity contribution in [3.05, 3.63) is 56.5 Å². The summed E-state index contributed by atoms with van der Waals surface area (Å²) in [5.74, 6) is -0.630. The number of carbonyl (C=O) groups is 2. The lowest BCUT2D eigenvalue weighted by Crippen LogP contribution is -2.14. The van der Waals surface area contributed by atoms with Gasteiger partial charge < -0.3 is 15.7 Å². The molecule has 0 saturated heterocycles. The molecule has 5 aromatic rings. The van der Waals surface area contributed by atoms with E-state index in [1.54, 1.807) is 0 Å². The largest absolute Gasteiger partial charge is 0.366 e. The third kappa shape index (κ3) is 2.22. The Morgan fingerprint density at radius 1 is 0.889 bits per heavy atom. The minimum absolute atomic E-state index is 0.234. The molecule has 2 aromatic heterocycles. The average Bonchev–Trinajstić information content (AvgIpc) is 3.18. The first-order valence-corrected chi connectivity index (χ1v) is 9.71. The first kappa shape index (κ1) is 16.5. The maximum absolute atomic E-state index is 12.4. The van der Waals surface area contributed by atoms with Gasteiger partial charge in [-0.05, 0) is 36.4 Å². The molecule has 0 unspecified atom stereocenters. The van der Waals surface area contributed by atoms with E-state index >= 15 is 0 Å². The Balaban J connectivity index is 2.18. The van der Waals surface area contributed by atoms with Gasteiger partial charge in [0.25, 0.3) is 0 Å². The van der Waals surface area contributed by atoms with Crippen LogP contribution in [0.1, 0.15) is 20.7 Å². The van der Waals surface area contributed by atoms with Crippen molar-refractivity contribution in [1.82, 2.24) is 9.97 Å². The Morgan fingerprint density at radius 3 is 1.93 bits per heavy atom. The third-order valence-corrected chi connectivity index (χ3v) is 5.91. The minimum atomic E-state index is -0.630. The van der Waals surface area contributed by atoms with Crippen molar-refractivity contribution in [2.45, 2.75) is 0 Å². The number of aromatic amines is 2. The molecular weight excluding hydrogens is 474 g/mol. The van der Waals surface area contributed by atoms with Crippen LogP contribution < -0.4 is 5.73 Å². The zero-order chi connectivity index (χ0) is 18.9. The highest BCUT2D eigenvalue weighted by Gasteiger charge is 2.24. The second-order valence-electron chi connectivity index (χ2n) is 6.40. The van der Waals surface area contributed by atoms with Gasteiger partial charge in [-0.1, -0.05) is 31.9 Å². The first-order chi connectivity index (χ1) is 13.0. The molecule has 0 aliphatic rings. The quantitative estimate of drug-likeness (QED) is 0.293.